The van der Waals surface area contributed by atoms with Gasteiger partial charge in [0.05, 0.1) is 24.1 Å². The Bertz CT molecular complexity index is 504. The highest BCUT2D eigenvalue weighted by Gasteiger charge is 2.27. The largest absolute Gasteiger partial charge is 0.462 e. The first-order valence-electron chi connectivity index (χ1n) is 7.60. The van der Waals surface area contributed by atoms with Gasteiger partial charge in [0, 0.05) is 6.04 Å². The van der Waals surface area contributed by atoms with Crippen molar-refractivity contribution in [3.8, 4) is 0 Å². The number of rotatable bonds is 4. The van der Waals surface area contributed by atoms with Gasteiger partial charge in [-0.1, -0.05) is 13.8 Å². The zero-order chi connectivity index (χ0) is 15.5. The average Bonchev–Trinajstić information content (AvgIpc) is 2.43. The number of carbonyl (C=O) groups excluding carboxylic acids is 1. The van der Waals surface area contributed by atoms with Gasteiger partial charge in [0.1, 0.15) is 5.82 Å². The van der Waals surface area contributed by atoms with E-state index in [4.69, 9.17) is 10.5 Å². The number of esters is 1. The fourth-order valence-electron chi connectivity index (χ4n) is 2.68. The van der Waals surface area contributed by atoms with E-state index in [1.807, 2.05) is 0 Å². The van der Waals surface area contributed by atoms with Crippen LogP contribution in [0.4, 0.5) is 11.5 Å². The van der Waals surface area contributed by atoms with E-state index in [1.54, 1.807) is 13.0 Å². The second-order valence-electron chi connectivity index (χ2n) is 6.46. The summed E-state index contributed by atoms with van der Waals surface area (Å²) in [4.78, 5) is 16.1. The van der Waals surface area contributed by atoms with E-state index in [2.05, 4.69) is 24.1 Å². The fraction of sp³-hybridized carbons (Fsp3) is 0.625. The lowest BCUT2D eigenvalue weighted by atomic mass is 9.75. The van der Waals surface area contributed by atoms with Crippen LogP contribution in [0.2, 0.25) is 0 Å². The van der Waals surface area contributed by atoms with Crippen LogP contribution in [0.5, 0.6) is 0 Å². The molecule has 3 N–H and O–H groups in total. The maximum atomic E-state index is 11.8. The first-order chi connectivity index (χ1) is 9.91. The van der Waals surface area contributed by atoms with Crippen molar-refractivity contribution in [2.45, 2.75) is 52.5 Å². The minimum Gasteiger partial charge on any atom is -0.462 e. The van der Waals surface area contributed by atoms with Gasteiger partial charge in [-0.3, -0.25) is 0 Å². The third kappa shape index (κ3) is 4.09. The van der Waals surface area contributed by atoms with Crippen LogP contribution in [0, 0.1) is 5.41 Å². The normalized spacial score (nSPS) is 18.2. The van der Waals surface area contributed by atoms with Crippen molar-refractivity contribution in [1.82, 2.24) is 4.98 Å². The Morgan fingerprint density at radius 2 is 2.14 bits per heavy atom. The molecular formula is C16H25N3O2. The number of hydrogen-bond acceptors (Lipinski definition) is 5. The molecule has 21 heavy (non-hydrogen) atoms. The molecule has 5 heteroatoms. The number of nitrogens with two attached hydrogens (primary N) is 1. The zero-order valence-electron chi connectivity index (χ0n) is 13.1. The fourth-order valence-corrected chi connectivity index (χ4v) is 2.68. The molecule has 0 radical (unpaired) electrons. The minimum absolute atomic E-state index is 0.334. The SMILES string of the molecule is CCOC(=O)c1cc(NC2CCC(C)(C)CC2)ncc1N. The number of nitrogens with one attached hydrogen (secondary N) is 1. The highest BCUT2D eigenvalue weighted by atomic mass is 16.5. The standard InChI is InChI=1S/C16H25N3O2/c1-4-21-15(20)12-9-14(18-10-13(12)17)19-11-5-7-16(2,3)8-6-11/h9-11H,4-8,17H2,1-3H3,(H,18,19). The predicted molar refractivity (Wildman–Crippen MR) is 84.3 cm³/mol. The number of anilines is 2. The molecular weight excluding hydrogens is 266 g/mol. The van der Waals surface area contributed by atoms with Crippen LogP contribution in [-0.4, -0.2) is 23.6 Å². The van der Waals surface area contributed by atoms with E-state index < -0.39 is 5.97 Å². The number of nitrogen functional groups attached to an aromatic ring is 1. The van der Waals surface area contributed by atoms with Gasteiger partial charge in [0.25, 0.3) is 0 Å². The van der Waals surface area contributed by atoms with Crippen molar-refractivity contribution in [1.29, 1.82) is 0 Å². The van der Waals surface area contributed by atoms with Crippen LogP contribution in [0.3, 0.4) is 0 Å². The lowest BCUT2D eigenvalue weighted by Crippen LogP contribution is -2.30. The summed E-state index contributed by atoms with van der Waals surface area (Å²) in [7, 11) is 0. The first-order valence-corrected chi connectivity index (χ1v) is 7.60. The molecule has 0 aromatic carbocycles. The topological polar surface area (TPSA) is 77.2 Å². The van der Waals surface area contributed by atoms with Gasteiger partial charge >= 0.3 is 5.97 Å². The van der Waals surface area contributed by atoms with E-state index >= 15 is 0 Å². The van der Waals surface area contributed by atoms with Crippen LogP contribution in [0.15, 0.2) is 12.3 Å². The summed E-state index contributed by atoms with van der Waals surface area (Å²) in [6, 6.07) is 2.09. The second-order valence-corrected chi connectivity index (χ2v) is 6.46. The molecule has 116 valence electrons. The van der Waals surface area contributed by atoms with Gasteiger partial charge in [-0.15, -0.1) is 0 Å². The van der Waals surface area contributed by atoms with Crippen molar-refractivity contribution in [3.63, 3.8) is 0 Å². The highest BCUT2D eigenvalue weighted by molar-refractivity contribution is 5.95. The Morgan fingerprint density at radius 1 is 1.48 bits per heavy atom. The molecule has 1 aliphatic carbocycles. The average molecular weight is 291 g/mol. The predicted octanol–water partition coefficient (Wildman–Crippen LogP) is 3.22. The van der Waals surface area contributed by atoms with Crippen LogP contribution in [0.1, 0.15) is 56.8 Å². The summed E-state index contributed by atoms with van der Waals surface area (Å²) in [6.45, 7) is 6.73. The van der Waals surface area contributed by atoms with Crippen molar-refractivity contribution in [2.75, 3.05) is 17.7 Å². The van der Waals surface area contributed by atoms with Crippen LogP contribution >= 0.6 is 0 Å². The summed E-state index contributed by atoms with van der Waals surface area (Å²) >= 11 is 0. The minimum atomic E-state index is -0.398. The van der Waals surface area contributed by atoms with E-state index in [0.717, 1.165) is 12.8 Å². The quantitative estimate of drug-likeness (QED) is 0.833. The van der Waals surface area contributed by atoms with Gasteiger partial charge in [-0.25, -0.2) is 9.78 Å². The molecule has 0 atom stereocenters. The molecule has 0 bridgehead atoms. The third-order valence-corrected chi connectivity index (χ3v) is 4.12. The molecule has 0 amide bonds. The molecule has 5 nitrogen and oxygen atoms in total. The van der Waals surface area contributed by atoms with E-state index in [-0.39, 0.29) is 0 Å². The lowest BCUT2D eigenvalue weighted by Gasteiger charge is -2.34. The Labute approximate surface area is 126 Å². The molecule has 0 unspecified atom stereocenters. The Balaban J connectivity index is 2.04. The number of hydrogen-bond donors (Lipinski definition) is 2. The van der Waals surface area contributed by atoms with E-state index in [0.29, 0.717) is 35.1 Å². The lowest BCUT2D eigenvalue weighted by molar-refractivity contribution is 0.0527. The van der Waals surface area contributed by atoms with Gasteiger partial charge < -0.3 is 15.8 Å². The van der Waals surface area contributed by atoms with Gasteiger partial charge in [-0.05, 0) is 44.1 Å². The molecule has 1 fully saturated rings. The van der Waals surface area contributed by atoms with Gasteiger partial charge in [0.15, 0.2) is 0 Å². The summed E-state index contributed by atoms with van der Waals surface area (Å²) in [5.41, 5.74) is 6.96. The molecule has 0 saturated heterocycles. The molecule has 0 spiro atoms. The van der Waals surface area contributed by atoms with E-state index in [1.165, 1.54) is 19.0 Å². The van der Waals surface area contributed by atoms with Gasteiger partial charge in [-0.2, -0.15) is 0 Å². The number of carbonyl (C=O) groups is 1. The zero-order valence-corrected chi connectivity index (χ0v) is 13.1. The summed E-state index contributed by atoms with van der Waals surface area (Å²) in [6.07, 6.45) is 6.15. The smallest absolute Gasteiger partial charge is 0.340 e. The van der Waals surface area contributed by atoms with Crippen molar-refractivity contribution >= 4 is 17.5 Å². The van der Waals surface area contributed by atoms with Crippen LogP contribution in [-0.2, 0) is 4.74 Å². The maximum Gasteiger partial charge on any atom is 0.340 e. The van der Waals surface area contributed by atoms with Crippen molar-refractivity contribution in [2.24, 2.45) is 5.41 Å². The summed E-state index contributed by atoms with van der Waals surface area (Å²) in [5, 5.41) is 3.41. The third-order valence-electron chi connectivity index (χ3n) is 4.12. The number of pyridine rings is 1. The van der Waals surface area contributed by atoms with Crippen molar-refractivity contribution < 1.29 is 9.53 Å². The number of ether oxygens (including phenoxy) is 1. The second kappa shape index (κ2) is 6.33. The maximum absolute atomic E-state index is 11.8. The Hall–Kier alpha value is -1.78. The van der Waals surface area contributed by atoms with Crippen LogP contribution in [0.25, 0.3) is 0 Å². The van der Waals surface area contributed by atoms with E-state index in [9.17, 15) is 4.79 Å². The Kier molecular flexibility index (Phi) is 4.70. The first kappa shape index (κ1) is 15.6. The molecule has 1 aromatic heterocycles. The Morgan fingerprint density at radius 3 is 2.76 bits per heavy atom. The molecule has 1 saturated carbocycles. The number of nitrogens with zero attached hydrogens (tertiary/aromatic N) is 1. The van der Waals surface area contributed by atoms with Gasteiger partial charge in [0.2, 0.25) is 0 Å². The molecule has 1 aromatic rings. The highest BCUT2D eigenvalue weighted by Crippen LogP contribution is 2.36. The number of aromatic nitrogens is 1. The summed E-state index contributed by atoms with van der Waals surface area (Å²) < 4.78 is 5.01. The summed E-state index contributed by atoms with van der Waals surface area (Å²) in [5.74, 6) is 0.294. The molecule has 0 aliphatic heterocycles. The van der Waals surface area contributed by atoms with Crippen molar-refractivity contribution in [3.05, 3.63) is 17.8 Å². The molecule has 2 rings (SSSR count). The monoisotopic (exact) mass is 291 g/mol. The molecule has 1 aliphatic rings. The van der Waals surface area contributed by atoms with Crippen LogP contribution < -0.4 is 11.1 Å². The molecule has 1 heterocycles.